The average Bonchev–Trinajstić information content (AvgIpc) is 2.45. The molecule has 0 saturated carbocycles. The highest BCUT2D eigenvalue weighted by atomic mass is 16.5. The Kier molecular flexibility index (Phi) is 8.79. The highest BCUT2D eigenvalue weighted by molar-refractivity contribution is 5.74. The summed E-state index contributed by atoms with van der Waals surface area (Å²) >= 11 is 0. The largest absolute Gasteiger partial charge is 0.377 e. The summed E-state index contributed by atoms with van der Waals surface area (Å²) in [6, 6.07) is 0. The number of amides is 1. The summed E-state index contributed by atoms with van der Waals surface area (Å²) < 4.78 is 5.83. The standard InChI is InChI=1S/C14H29N3O2/c1-2-11-19-13-7-6-10-17(12-13)9-5-3-4-8-14(18)16-15/h13H,2-12,15H2,1H3,(H,16,18). The number of nitrogens with one attached hydrogen (secondary N) is 1. The number of carbonyl (C=O) groups is 1. The molecule has 5 nitrogen and oxygen atoms in total. The van der Waals surface area contributed by atoms with Crippen molar-refractivity contribution in [3.05, 3.63) is 0 Å². The molecule has 1 amide bonds. The van der Waals surface area contributed by atoms with E-state index in [0.29, 0.717) is 12.5 Å². The lowest BCUT2D eigenvalue weighted by Gasteiger charge is -2.32. The quantitative estimate of drug-likeness (QED) is 0.288. The molecule has 0 spiro atoms. The zero-order valence-corrected chi connectivity index (χ0v) is 12.2. The molecule has 1 aliphatic rings. The molecule has 0 aliphatic carbocycles. The molecule has 0 radical (unpaired) electrons. The highest BCUT2D eigenvalue weighted by Gasteiger charge is 2.19. The predicted octanol–water partition coefficient (Wildman–Crippen LogP) is 1.43. The van der Waals surface area contributed by atoms with Crippen LogP contribution < -0.4 is 11.3 Å². The minimum atomic E-state index is -0.0639. The predicted molar refractivity (Wildman–Crippen MR) is 76.5 cm³/mol. The first-order valence-corrected chi connectivity index (χ1v) is 7.59. The molecule has 0 bridgehead atoms. The van der Waals surface area contributed by atoms with Crippen LogP contribution in [0.15, 0.2) is 0 Å². The number of hydrogen-bond donors (Lipinski definition) is 2. The fourth-order valence-corrected chi connectivity index (χ4v) is 2.51. The average molecular weight is 271 g/mol. The molecular weight excluding hydrogens is 242 g/mol. The van der Waals surface area contributed by atoms with Crippen LogP contribution in [0.2, 0.25) is 0 Å². The zero-order valence-electron chi connectivity index (χ0n) is 12.2. The second kappa shape index (κ2) is 10.2. The molecule has 1 atom stereocenters. The third-order valence-electron chi connectivity index (χ3n) is 3.56. The summed E-state index contributed by atoms with van der Waals surface area (Å²) in [5.74, 6) is 4.97. The summed E-state index contributed by atoms with van der Waals surface area (Å²) in [6.07, 6.45) is 7.67. The Morgan fingerprint density at radius 3 is 3.00 bits per heavy atom. The molecule has 1 rings (SSSR count). The number of nitrogens with two attached hydrogens (primary N) is 1. The van der Waals surface area contributed by atoms with Crippen LogP contribution in [0.25, 0.3) is 0 Å². The van der Waals surface area contributed by atoms with Crippen molar-refractivity contribution in [3.63, 3.8) is 0 Å². The van der Waals surface area contributed by atoms with Crippen LogP contribution >= 0.6 is 0 Å². The van der Waals surface area contributed by atoms with Gasteiger partial charge in [0, 0.05) is 19.6 Å². The minimum Gasteiger partial charge on any atom is -0.377 e. The van der Waals surface area contributed by atoms with Gasteiger partial charge in [0.15, 0.2) is 0 Å². The molecule has 1 heterocycles. The maximum absolute atomic E-state index is 11.0. The molecule has 0 aromatic rings. The van der Waals surface area contributed by atoms with E-state index in [1.165, 1.54) is 19.4 Å². The lowest BCUT2D eigenvalue weighted by molar-refractivity contribution is -0.121. The van der Waals surface area contributed by atoms with Crippen molar-refractivity contribution in [2.45, 2.75) is 58.0 Å². The normalized spacial score (nSPS) is 20.4. The lowest BCUT2D eigenvalue weighted by atomic mass is 10.1. The van der Waals surface area contributed by atoms with Crippen LogP contribution in [0.4, 0.5) is 0 Å². The smallest absolute Gasteiger partial charge is 0.233 e. The van der Waals surface area contributed by atoms with Crippen LogP contribution in [-0.4, -0.2) is 43.2 Å². The summed E-state index contributed by atoms with van der Waals surface area (Å²) in [6.45, 7) is 6.42. The number of ether oxygens (including phenoxy) is 1. The fourth-order valence-electron chi connectivity index (χ4n) is 2.51. The van der Waals surface area contributed by atoms with Gasteiger partial charge in [0.2, 0.25) is 5.91 Å². The zero-order chi connectivity index (χ0) is 13.9. The molecule has 1 unspecified atom stereocenters. The van der Waals surface area contributed by atoms with Crippen LogP contribution in [0.3, 0.4) is 0 Å². The number of rotatable bonds is 9. The van der Waals surface area contributed by atoms with Crippen molar-refractivity contribution in [2.75, 3.05) is 26.2 Å². The minimum absolute atomic E-state index is 0.0639. The van der Waals surface area contributed by atoms with Gasteiger partial charge in [-0.2, -0.15) is 0 Å². The first kappa shape index (κ1) is 16.4. The van der Waals surface area contributed by atoms with Crippen molar-refractivity contribution in [3.8, 4) is 0 Å². The number of piperidine rings is 1. The Labute approximate surface area is 116 Å². The first-order chi connectivity index (χ1) is 9.26. The second-order valence-electron chi connectivity index (χ2n) is 5.31. The van der Waals surface area contributed by atoms with Gasteiger partial charge in [-0.05, 0) is 45.2 Å². The van der Waals surface area contributed by atoms with Crippen molar-refractivity contribution >= 4 is 5.91 Å². The number of carbonyl (C=O) groups excluding carboxylic acids is 1. The Morgan fingerprint density at radius 1 is 1.42 bits per heavy atom. The van der Waals surface area contributed by atoms with Crippen molar-refractivity contribution in [1.82, 2.24) is 10.3 Å². The van der Waals surface area contributed by atoms with Crippen molar-refractivity contribution < 1.29 is 9.53 Å². The molecule has 0 aromatic heterocycles. The van der Waals surface area contributed by atoms with Gasteiger partial charge in [-0.15, -0.1) is 0 Å². The van der Waals surface area contributed by atoms with Crippen molar-refractivity contribution in [1.29, 1.82) is 0 Å². The van der Waals surface area contributed by atoms with E-state index in [1.54, 1.807) is 0 Å². The third-order valence-corrected chi connectivity index (χ3v) is 3.56. The number of hydrazine groups is 1. The van der Waals surface area contributed by atoms with E-state index in [1.807, 2.05) is 0 Å². The third kappa shape index (κ3) is 7.50. The monoisotopic (exact) mass is 271 g/mol. The maximum Gasteiger partial charge on any atom is 0.233 e. The molecule has 1 saturated heterocycles. The summed E-state index contributed by atoms with van der Waals surface area (Å²) in [5.41, 5.74) is 2.16. The van der Waals surface area contributed by atoms with Gasteiger partial charge in [-0.1, -0.05) is 13.3 Å². The molecule has 5 heteroatoms. The van der Waals surface area contributed by atoms with E-state index >= 15 is 0 Å². The number of hydrogen-bond acceptors (Lipinski definition) is 4. The highest BCUT2D eigenvalue weighted by Crippen LogP contribution is 2.14. The van der Waals surface area contributed by atoms with Gasteiger partial charge in [-0.25, -0.2) is 5.84 Å². The van der Waals surface area contributed by atoms with Crippen LogP contribution in [0.5, 0.6) is 0 Å². The molecule has 1 fully saturated rings. The molecule has 0 aromatic carbocycles. The van der Waals surface area contributed by atoms with E-state index in [4.69, 9.17) is 10.6 Å². The Hall–Kier alpha value is -0.650. The summed E-state index contributed by atoms with van der Waals surface area (Å²) in [5, 5.41) is 0. The molecule has 3 N–H and O–H groups in total. The first-order valence-electron chi connectivity index (χ1n) is 7.59. The second-order valence-corrected chi connectivity index (χ2v) is 5.31. The van der Waals surface area contributed by atoms with Crippen LogP contribution in [0, 0.1) is 0 Å². The fraction of sp³-hybridized carbons (Fsp3) is 0.929. The molecule has 112 valence electrons. The van der Waals surface area contributed by atoms with Gasteiger partial charge >= 0.3 is 0 Å². The van der Waals surface area contributed by atoms with Gasteiger partial charge in [0.05, 0.1) is 6.10 Å². The number of likely N-dealkylation sites (tertiary alicyclic amines) is 1. The summed E-state index contributed by atoms with van der Waals surface area (Å²) in [4.78, 5) is 13.4. The van der Waals surface area contributed by atoms with E-state index in [2.05, 4.69) is 17.2 Å². The van der Waals surface area contributed by atoms with E-state index in [9.17, 15) is 4.79 Å². The maximum atomic E-state index is 11.0. The van der Waals surface area contributed by atoms with E-state index in [0.717, 1.165) is 45.4 Å². The number of nitrogens with zero attached hydrogens (tertiary/aromatic N) is 1. The SMILES string of the molecule is CCCOC1CCCN(CCCCCC(=O)NN)C1. The molecule has 19 heavy (non-hydrogen) atoms. The molecule has 1 aliphatic heterocycles. The number of unbranched alkanes of at least 4 members (excludes halogenated alkanes) is 2. The Balaban J connectivity index is 2.03. The van der Waals surface area contributed by atoms with E-state index in [-0.39, 0.29) is 5.91 Å². The lowest BCUT2D eigenvalue weighted by Crippen LogP contribution is -2.40. The van der Waals surface area contributed by atoms with E-state index < -0.39 is 0 Å². The molecular formula is C14H29N3O2. The van der Waals surface area contributed by atoms with Gasteiger partial charge in [0.25, 0.3) is 0 Å². The Morgan fingerprint density at radius 2 is 2.26 bits per heavy atom. The van der Waals surface area contributed by atoms with Crippen LogP contribution in [0.1, 0.15) is 51.9 Å². The van der Waals surface area contributed by atoms with Crippen LogP contribution in [-0.2, 0) is 9.53 Å². The topological polar surface area (TPSA) is 67.6 Å². The van der Waals surface area contributed by atoms with Crippen molar-refractivity contribution in [2.24, 2.45) is 5.84 Å². The summed E-state index contributed by atoms with van der Waals surface area (Å²) in [7, 11) is 0. The van der Waals surface area contributed by atoms with Gasteiger partial charge in [-0.3, -0.25) is 10.2 Å². The van der Waals surface area contributed by atoms with Gasteiger partial charge < -0.3 is 9.64 Å². The van der Waals surface area contributed by atoms with Gasteiger partial charge in [0.1, 0.15) is 0 Å². The Bertz CT molecular complexity index is 249.